The fourth-order valence-electron chi connectivity index (χ4n) is 1.65. The summed E-state index contributed by atoms with van der Waals surface area (Å²) in [7, 11) is 0. The van der Waals surface area contributed by atoms with E-state index in [1.165, 1.54) is 12.1 Å². The Labute approximate surface area is 109 Å². The molecule has 4 nitrogen and oxygen atoms in total. The van der Waals surface area contributed by atoms with Crippen LogP contribution in [0.15, 0.2) is 18.2 Å². The van der Waals surface area contributed by atoms with Crippen molar-refractivity contribution in [1.82, 2.24) is 5.32 Å². The number of carbonyl (C=O) groups excluding carboxylic acids is 1. The Balaban J connectivity index is 2.69. The zero-order valence-corrected chi connectivity index (χ0v) is 10.3. The van der Waals surface area contributed by atoms with E-state index in [9.17, 15) is 14.0 Å². The molecule has 1 aromatic rings. The van der Waals surface area contributed by atoms with Gasteiger partial charge in [-0.3, -0.25) is 9.59 Å². The van der Waals surface area contributed by atoms with Crippen molar-refractivity contribution in [3.63, 3.8) is 0 Å². The van der Waals surface area contributed by atoms with Crippen LogP contribution in [0.25, 0.3) is 0 Å². The second-order valence-electron chi connectivity index (χ2n) is 3.90. The van der Waals surface area contributed by atoms with Crippen molar-refractivity contribution in [3.05, 3.63) is 34.6 Å². The summed E-state index contributed by atoms with van der Waals surface area (Å²) in [5, 5.41) is 11.4. The molecule has 2 N–H and O–H groups in total. The monoisotopic (exact) mass is 273 g/mol. The zero-order valence-electron chi connectivity index (χ0n) is 9.53. The first-order chi connectivity index (χ1) is 8.51. The quantitative estimate of drug-likeness (QED) is 0.747. The number of rotatable bonds is 7. The van der Waals surface area contributed by atoms with Gasteiger partial charge in [-0.15, -0.1) is 0 Å². The van der Waals surface area contributed by atoms with Gasteiger partial charge in [0.1, 0.15) is 5.82 Å². The van der Waals surface area contributed by atoms with Crippen molar-refractivity contribution < 1.29 is 19.1 Å². The van der Waals surface area contributed by atoms with Gasteiger partial charge in [-0.25, -0.2) is 4.39 Å². The Morgan fingerprint density at radius 2 is 2.22 bits per heavy atom. The molecule has 1 unspecified atom stereocenters. The Hall–Kier alpha value is -1.62. The van der Waals surface area contributed by atoms with Crippen LogP contribution in [-0.4, -0.2) is 23.5 Å². The largest absolute Gasteiger partial charge is 0.481 e. The molecule has 18 heavy (non-hydrogen) atoms. The lowest BCUT2D eigenvalue weighted by molar-refractivity contribution is -0.137. The first-order valence-electron chi connectivity index (χ1n) is 5.37. The third-order valence-electron chi connectivity index (χ3n) is 2.41. The van der Waals surface area contributed by atoms with Crippen molar-refractivity contribution in [2.75, 3.05) is 0 Å². The summed E-state index contributed by atoms with van der Waals surface area (Å²) in [5.41, 5.74) is 0.615. The number of carboxylic acid groups (broad SMARTS) is 1. The smallest absolute Gasteiger partial charge is 0.303 e. The SMILES string of the molecule is O=CNC(CCC(=O)O)Cc1cc(F)cc(Cl)c1. The van der Waals surface area contributed by atoms with E-state index in [1.807, 2.05) is 0 Å². The minimum Gasteiger partial charge on any atom is -0.481 e. The van der Waals surface area contributed by atoms with Gasteiger partial charge in [0, 0.05) is 17.5 Å². The van der Waals surface area contributed by atoms with Crippen molar-refractivity contribution in [2.45, 2.75) is 25.3 Å². The zero-order chi connectivity index (χ0) is 13.5. The van der Waals surface area contributed by atoms with E-state index < -0.39 is 11.8 Å². The summed E-state index contributed by atoms with van der Waals surface area (Å²) in [5.74, 6) is -1.40. The second kappa shape index (κ2) is 6.96. The molecule has 0 aliphatic carbocycles. The molecule has 0 saturated carbocycles. The Morgan fingerprint density at radius 3 is 2.78 bits per heavy atom. The molecule has 0 radical (unpaired) electrons. The summed E-state index contributed by atoms with van der Waals surface area (Å²) >= 11 is 5.71. The highest BCUT2D eigenvalue weighted by molar-refractivity contribution is 6.30. The van der Waals surface area contributed by atoms with Crippen LogP contribution in [0.5, 0.6) is 0 Å². The standard InChI is InChI=1S/C12H13ClFNO3/c13-9-3-8(4-10(14)6-9)5-11(15-7-16)1-2-12(17)18/h3-4,6-7,11H,1-2,5H2,(H,15,16)(H,17,18). The lowest BCUT2D eigenvalue weighted by Crippen LogP contribution is -2.30. The maximum atomic E-state index is 13.1. The third-order valence-corrected chi connectivity index (χ3v) is 2.63. The molecule has 0 aromatic heterocycles. The van der Waals surface area contributed by atoms with Crippen LogP contribution in [0, 0.1) is 5.82 Å². The number of hydrogen-bond acceptors (Lipinski definition) is 2. The van der Waals surface area contributed by atoms with E-state index in [0.29, 0.717) is 18.4 Å². The molecule has 1 atom stereocenters. The van der Waals surface area contributed by atoms with E-state index in [-0.39, 0.29) is 23.9 Å². The summed E-state index contributed by atoms with van der Waals surface area (Å²) in [6.45, 7) is 0. The van der Waals surface area contributed by atoms with E-state index in [2.05, 4.69) is 5.32 Å². The van der Waals surface area contributed by atoms with Crippen molar-refractivity contribution >= 4 is 24.0 Å². The number of nitrogens with one attached hydrogen (secondary N) is 1. The molecule has 0 aliphatic heterocycles. The lowest BCUT2D eigenvalue weighted by atomic mass is 10.0. The third kappa shape index (κ3) is 5.14. The van der Waals surface area contributed by atoms with E-state index >= 15 is 0 Å². The van der Waals surface area contributed by atoms with Gasteiger partial charge in [0.05, 0.1) is 0 Å². The lowest BCUT2D eigenvalue weighted by Gasteiger charge is -2.15. The first-order valence-corrected chi connectivity index (χ1v) is 5.75. The van der Waals surface area contributed by atoms with Gasteiger partial charge in [-0.05, 0) is 36.6 Å². The maximum Gasteiger partial charge on any atom is 0.303 e. The van der Waals surface area contributed by atoms with Crippen molar-refractivity contribution in [3.8, 4) is 0 Å². The highest BCUT2D eigenvalue weighted by Gasteiger charge is 2.12. The number of amides is 1. The van der Waals surface area contributed by atoms with Crippen LogP contribution in [0.1, 0.15) is 18.4 Å². The number of aliphatic carboxylic acids is 1. The average Bonchev–Trinajstić information content (AvgIpc) is 2.24. The van der Waals surface area contributed by atoms with E-state index in [1.54, 1.807) is 6.07 Å². The summed E-state index contributed by atoms with van der Waals surface area (Å²) in [6, 6.07) is 3.73. The molecule has 6 heteroatoms. The molecule has 0 fully saturated rings. The maximum absolute atomic E-state index is 13.1. The summed E-state index contributed by atoms with van der Waals surface area (Å²) in [6.07, 6.45) is 1.06. The minimum atomic E-state index is -0.940. The molecule has 0 spiro atoms. The number of hydrogen-bond donors (Lipinski definition) is 2. The van der Waals surface area contributed by atoms with E-state index in [4.69, 9.17) is 16.7 Å². The van der Waals surface area contributed by atoms with Crippen LogP contribution in [0.3, 0.4) is 0 Å². The molecule has 1 amide bonds. The van der Waals surface area contributed by atoms with Crippen LogP contribution in [-0.2, 0) is 16.0 Å². The summed E-state index contributed by atoms with van der Waals surface area (Å²) in [4.78, 5) is 20.9. The first kappa shape index (κ1) is 14.4. The fraction of sp³-hybridized carbons (Fsp3) is 0.333. The van der Waals surface area contributed by atoms with E-state index in [0.717, 1.165) is 0 Å². The highest BCUT2D eigenvalue weighted by atomic mass is 35.5. The van der Waals surface area contributed by atoms with Crippen LogP contribution >= 0.6 is 11.6 Å². The summed E-state index contributed by atoms with van der Waals surface area (Å²) < 4.78 is 13.1. The second-order valence-corrected chi connectivity index (χ2v) is 4.33. The minimum absolute atomic E-state index is 0.0610. The van der Waals surface area contributed by atoms with Gasteiger partial charge in [0.15, 0.2) is 0 Å². The predicted molar refractivity (Wildman–Crippen MR) is 65.0 cm³/mol. The van der Waals surface area contributed by atoms with Crippen molar-refractivity contribution in [1.29, 1.82) is 0 Å². The van der Waals surface area contributed by atoms with Crippen LogP contribution < -0.4 is 5.32 Å². The number of halogens is 2. The van der Waals surface area contributed by atoms with Gasteiger partial charge >= 0.3 is 5.97 Å². The Bertz CT molecular complexity index is 419. The predicted octanol–water partition coefficient (Wildman–Crippen LogP) is 2.00. The fourth-order valence-corrected chi connectivity index (χ4v) is 1.90. The highest BCUT2D eigenvalue weighted by Crippen LogP contribution is 2.16. The Morgan fingerprint density at radius 1 is 1.50 bits per heavy atom. The molecular weight excluding hydrogens is 261 g/mol. The number of carboxylic acids is 1. The number of benzene rings is 1. The molecular formula is C12H13ClFNO3. The average molecular weight is 274 g/mol. The van der Waals surface area contributed by atoms with Gasteiger partial charge < -0.3 is 10.4 Å². The van der Waals surface area contributed by atoms with Crippen LogP contribution in [0.2, 0.25) is 5.02 Å². The number of carbonyl (C=O) groups is 2. The molecule has 1 rings (SSSR count). The molecule has 98 valence electrons. The van der Waals surface area contributed by atoms with Gasteiger partial charge in [-0.2, -0.15) is 0 Å². The topological polar surface area (TPSA) is 66.4 Å². The molecule has 1 aromatic carbocycles. The van der Waals surface area contributed by atoms with Gasteiger partial charge in [0.2, 0.25) is 6.41 Å². The van der Waals surface area contributed by atoms with Gasteiger partial charge in [0.25, 0.3) is 0 Å². The molecule has 0 saturated heterocycles. The normalized spacial score (nSPS) is 11.9. The van der Waals surface area contributed by atoms with Crippen molar-refractivity contribution in [2.24, 2.45) is 0 Å². The Kier molecular flexibility index (Phi) is 5.58. The molecule has 0 aliphatic rings. The molecule has 0 bridgehead atoms. The van der Waals surface area contributed by atoms with Gasteiger partial charge in [-0.1, -0.05) is 11.6 Å². The molecule has 0 heterocycles. The van der Waals surface area contributed by atoms with Crippen LogP contribution in [0.4, 0.5) is 4.39 Å².